The fourth-order valence-corrected chi connectivity index (χ4v) is 11.5. The van der Waals surface area contributed by atoms with E-state index in [1.54, 1.807) is 0 Å². The van der Waals surface area contributed by atoms with E-state index < -0.39 is 0 Å². The van der Waals surface area contributed by atoms with Crippen molar-refractivity contribution in [2.45, 2.75) is 0 Å². The van der Waals surface area contributed by atoms with Crippen molar-refractivity contribution in [2.75, 3.05) is 0 Å². The lowest BCUT2D eigenvalue weighted by molar-refractivity contribution is 1.30. The largest absolute Gasteiger partial charge is 0.252 e. The molecule has 68 heavy (non-hydrogen) atoms. The number of hydrogen-bond donors (Lipinski definition) is 0. The third-order valence-corrected chi connectivity index (χ3v) is 14.6. The van der Waals surface area contributed by atoms with Crippen molar-refractivity contribution in [2.24, 2.45) is 0 Å². The third kappa shape index (κ3) is 5.39. The van der Waals surface area contributed by atoms with Gasteiger partial charge in [-0.05, 0) is 133 Å². The maximum Gasteiger partial charge on any atom is 0.0899 e. The van der Waals surface area contributed by atoms with E-state index in [9.17, 15) is 0 Å². The van der Waals surface area contributed by atoms with Crippen LogP contribution >= 0.6 is 0 Å². The summed E-state index contributed by atoms with van der Waals surface area (Å²) >= 11 is 0. The zero-order valence-electron chi connectivity index (χ0n) is 36.7. The molecule has 15 aromatic rings. The highest BCUT2D eigenvalue weighted by molar-refractivity contribution is 6.38. The molecule has 0 saturated carbocycles. The van der Waals surface area contributed by atoms with Crippen LogP contribution in [0, 0.1) is 0 Å². The monoisotopic (exact) mass is 859 g/mol. The van der Waals surface area contributed by atoms with E-state index in [-0.39, 0.29) is 0 Å². The van der Waals surface area contributed by atoms with E-state index in [1.165, 1.54) is 97.1 Å². The van der Waals surface area contributed by atoms with Crippen molar-refractivity contribution in [1.29, 1.82) is 0 Å². The topological polar surface area (TPSA) is 38.7 Å². The quantitative estimate of drug-likeness (QED) is 0.166. The van der Waals surface area contributed by atoms with Crippen LogP contribution in [0.25, 0.3) is 153 Å². The number of nitrogens with zero attached hydrogens (tertiary/aromatic N) is 3. The molecule has 0 aliphatic rings. The molecule has 0 bridgehead atoms. The van der Waals surface area contributed by atoms with Crippen molar-refractivity contribution in [3.8, 4) is 33.6 Å². The minimum absolute atomic E-state index is 0.852. The molecule has 0 N–H and O–H groups in total. The fourth-order valence-electron chi connectivity index (χ4n) is 11.5. The molecule has 3 nitrogen and oxygen atoms in total. The van der Waals surface area contributed by atoms with E-state index in [0.29, 0.717) is 0 Å². The molecule has 13 aromatic carbocycles. The second-order valence-electron chi connectivity index (χ2n) is 18.2. The van der Waals surface area contributed by atoms with Gasteiger partial charge in [-0.1, -0.05) is 188 Å². The van der Waals surface area contributed by atoms with Crippen molar-refractivity contribution in [3.05, 3.63) is 225 Å². The normalized spacial score (nSPS) is 12.1. The van der Waals surface area contributed by atoms with Crippen LogP contribution in [0.1, 0.15) is 0 Å². The molecule has 0 fully saturated rings. The number of hydrogen-bond acceptors (Lipinski definition) is 3. The average molecular weight is 860 g/mol. The van der Waals surface area contributed by atoms with Gasteiger partial charge in [0.1, 0.15) is 0 Å². The van der Waals surface area contributed by atoms with Crippen LogP contribution in [0.4, 0.5) is 0 Å². The molecule has 2 aromatic heterocycles. The number of aromatic nitrogens is 3. The number of fused-ring (bicyclic) bond motifs is 19. The van der Waals surface area contributed by atoms with Crippen LogP contribution in [0.3, 0.4) is 0 Å². The van der Waals surface area contributed by atoms with Crippen LogP contribution in [0.2, 0.25) is 0 Å². The Morgan fingerprint density at radius 3 is 1.57 bits per heavy atom. The van der Waals surface area contributed by atoms with Crippen molar-refractivity contribution >= 4 is 119 Å². The highest BCUT2D eigenvalue weighted by Crippen LogP contribution is 2.46. The summed E-state index contributed by atoms with van der Waals surface area (Å²) in [6.45, 7) is 0. The summed E-state index contributed by atoms with van der Waals surface area (Å²) in [6.07, 6.45) is 1.96. The summed E-state index contributed by atoms with van der Waals surface area (Å²) in [4.78, 5) is 15.9. The maximum absolute atomic E-state index is 5.43. The maximum atomic E-state index is 5.43. The summed E-state index contributed by atoms with van der Waals surface area (Å²) in [7, 11) is 0. The van der Waals surface area contributed by atoms with E-state index >= 15 is 0 Å². The van der Waals surface area contributed by atoms with E-state index in [0.717, 1.165) is 55.4 Å². The Hall–Kier alpha value is -9.05. The Balaban J connectivity index is 0.924. The van der Waals surface area contributed by atoms with E-state index in [4.69, 9.17) is 15.0 Å². The summed E-state index contributed by atoms with van der Waals surface area (Å²) in [6, 6.07) is 79.6. The van der Waals surface area contributed by atoms with Gasteiger partial charge in [0.15, 0.2) is 0 Å². The van der Waals surface area contributed by atoms with Crippen LogP contribution in [0.15, 0.2) is 225 Å². The third-order valence-electron chi connectivity index (χ3n) is 14.6. The average Bonchev–Trinajstić information content (AvgIpc) is 3.41. The van der Waals surface area contributed by atoms with E-state index in [2.05, 4.69) is 218 Å². The van der Waals surface area contributed by atoms with Gasteiger partial charge in [-0.15, -0.1) is 0 Å². The fraction of sp³-hybridized carbons (Fsp3) is 0. The molecule has 0 radical (unpaired) electrons. The second-order valence-corrected chi connectivity index (χ2v) is 18.2. The van der Waals surface area contributed by atoms with Crippen LogP contribution in [0.5, 0.6) is 0 Å². The predicted octanol–water partition coefficient (Wildman–Crippen LogP) is 17.6. The van der Waals surface area contributed by atoms with Gasteiger partial charge in [0.05, 0.1) is 34.1 Å². The van der Waals surface area contributed by atoms with Gasteiger partial charge >= 0.3 is 0 Å². The molecule has 0 unspecified atom stereocenters. The van der Waals surface area contributed by atoms with Crippen molar-refractivity contribution in [3.63, 3.8) is 0 Å². The van der Waals surface area contributed by atoms with Gasteiger partial charge in [0, 0.05) is 21.9 Å². The zero-order valence-corrected chi connectivity index (χ0v) is 36.7. The minimum Gasteiger partial charge on any atom is -0.252 e. The van der Waals surface area contributed by atoms with Gasteiger partial charge in [-0.3, -0.25) is 4.98 Å². The lowest BCUT2D eigenvalue weighted by Gasteiger charge is -2.18. The molecule has 0 aliphatic heterocycles. The first kappa shape index (κ1) is 37.2. The lowest BCUT2D eigenvalue weighted by atomic mass is 9.86. The Kier molecular flexibility index (Phi) is 7.78. The molecule has 0 amide bonds. The Bertz CT molecular complexity index is 4680. The van der Waals surface area contributed by atoms with Gasteiger partial charge in [-0.25, -0.2) is 9.97 Å². The first-order valence-corrected chi connectivity index (χ1v) is 23.3. The molecule has 2 heterocycles. The number of pyridine rings is 1. The number of rotatable bonds is 3. The molecular weight excluding hydrogens is 823 g/mol. The standard InChI is InChI=1S/C65H37N3/c1-3-14-42-38(12-1)26-29-49-44-16-5-7-18-46(44)55(35-56(42)49)41-28-33-60-61(34-41)66-37-62(67-60)51-22-11-23-53-50(51)30-31-54-45-17-6-8-19-47(45)58-36-57(48-20-9-10-21-52(48)64(58)63(53)54)59-32-27-40-25-24-39-13-2-4-15-43(39)65(40)68-59/h1-37H. The van der Waals surface area contributed by atoms with Crippen LogP contribution in [-0.4, -0.2) is 15.0 Å². The summed E-state index contributed by atoms with van der Waals surface area (Å²) in [5.41, 5.74) is 9.09. The van der Waals surface area contributed by atoms with Gasteiger partial charge < -0.3 is 0 Å². The Morgan fingerprint density at radius 1 is 0.250 bits per heavy atom. The molecule has 312 valence electrons. The van der Waals surface area contributed by atoms with Crippen LogP contribution in [-0.2, 0) is 0 Å². The second kappa shape index (κ2) is 14.2. The molecule has 0 saturated heterocycles. The minimum atomic E-state index is 0.852. The SMILES string of the molecule is c1ccc2c(c1)ccc1c3ccccc3c(-c3ccc4nc(-c5cccc6c5ccc5c7ccccc7c7cc(-c8ccc9ccc%10ccccc%10c9n8)c8ccccc8c7c65)cnc4c3)cc21. The summed E-state index contributed by atoms with van der Waals surface area (Å²) < 4.78 is 0. The summed E-state index contributed by atoms with van der Waals surface area (Å²) in [5.74, 6) is 0. The number of benzene rings is 13. The highest BCUT2D eigenvalue weighted by atomic mass is 14.8. The zero-order chi connectivity index (χ0) is 44.5. The van der Waals surface area contributed by atoms with Gasteiger partial charge in [-0.2, -0.15) is 0 Å². The van der Waals surface area contributed by atoms with Gasteiger partial charge in [0.25, 0.3) is 0 Å². The first-order valence-electron chi connectivity index (χ1n) is 23.3. The molecule has 15 rings (SSSR count). The summed E-state index contributed by atoms with van der Waals surface area (Å²) in [5, 5.41) is 23.1. The smallest absolute Gasteiger partial charge is 0.0899 e. The molecular formula is C65H37N3. The Labute approximate surface area is 390 Å². The predicted molar refractivity (Wildman–Crippen MR) is 289 cm³/mol. The van der Waals surface area contributed by atoms with Gasteiger partial charge in [0.2, 0.25) is 0 Å². The molecule has 0 spiro atoms. The highest BCUT2D eigenvalue weighted by Gasteiger charge is 2.20. The molecule has 0 aliphatic carbocycles. The molecule has 3 heteroatoms. The van der Waals surface area contributed by atoms with Crippen molar-refractivity contribution < 1.29 is 0 Å². The molecule has 0 atom stereocenters. The van der Waals surface area contributed by atoms with Crippen molar-refractivity contribution in [1.82, 2.24) is 15.0 Å². The van der Waals surface area contributed by atoms with Crippen LogP contribution < -0.4 is 0 Å². The van der Waals surface area contributed by atoms with E-state index in [1.807, 2.05) is 6.20 Å². The first-order chi connectivity index (χ1) is 33.7. The Morgan fingerprint density at radius 2 is 0.765 bits per heavy atom. The lowest BCUT2D eigenvalue weighted by Crippen LogP contribution is -1.93.